The molecule has 2 N–H and O–H groups in total. The van der Waals surface area contributed by atoms with Crippen molar-refractivity contribution in [3.05, 3.63) is 0 Å². The van der Waals surface area contributed by atoms with E-state index in [1.54, 1.807) is 0 Å². The summed E-state index contributed by atoms with van der Waals surface area (Å²) in [5.74, 6) is 1.41. The van der Waals surface area contributed by atoms with Gasteiger partial charge in [0.15, 0.2) is 5.96 Å². The second kappa shape index (κ2) is 8.88. The van der Waals surface area contributed by atoms with Gasteiger partial charge in [0.1, 0.15) is 0 Å². The minimum absolute atomic E-state index is 0.171. The molecule has 2 fully saturated rings. The first kappa shape index (κ1) is 18.5. The monoisotopic (exact) mass is 325 g/mol. The van der Waals surface area contributed by atoms with Crippen LogP contribution in [0.2, 0.25) is 0 Å². The highest BCUT2D eigenvalue weighted by molar-refractivity contribution is 5.79. The van der Waals surface area contributed by atoms with Crippen molar-refractivity contribution in [2.24, 2.45) is 16.3 Å². The molecule has 2 rings (SSSR count). The molecule has 0 bridgehead atoms. The molecule has 0 amide bonds. The van der Waals surface area contributed by atoms with Gasteiger partial charge in [0.2, 0.25) is 0 Å². The average molecular weight is 325 g/mol. The molecular formula is C18H35N3O2. The van der Waals surface area contributed by atoms with E-state index in [4.69, 9.17) is 14.5 Å². The smallest absolute Gasteiger partial charge is 0.191 e. The average Bonchev–Trinajstić information content (AvgIpc) is 3.03. The molecule has 0 spiro atoms. The SMILES string of the molecule is CCNC(=NCC1CCCOC1C(C)(C)C)NCC1CCCO1. The third-order valence-electron chi connectivity index (χ3n) is 4.65. The zero-order chi connectivity index (χ0) is 16.7. The van der Waals surface area contributed by atoms with Crippen molar-refractivity contribution in [2.45, 2.75) is 65.6 Å². The van der Waals surface area contributed by atoms with Gasteiger partial charge in [0.05, 0.1) is 12.2 Å². The number of aliphatic imine (C=N–C) groups is 1. The van der Waals surface area contributed by atoms with Crippen molar-refractivity contribution in [2.75, 3.05) is 32.8 Å². The quantitative estimate of drug-likeness (QED) is 0.602. The van der Waals surface area contributed by atoms with Crippen LogP contribution in [0.4, 0.5) is 0 Å². The lowest BCUT2D eigenvalue weighted by Gasteiger charge is -2.39. The minimum Gasteiger partial charge on any atom is -0.377 e. The Bertz CT molecular complexity index is 373. The lowest BCUT2D eigenvalue weighted by Crippen LogP contribution is -2.43. The van der Waals surface area contributed by atoms with Crippen LogP contribution in [0.25, 0.3) is 0 Å². The van der Waals surface area contributed by atoms with Gasteiger partial charge in [-0.15, -0.1) is 0 Å². The van der Waals surface area contributed by atoms with E-state index in [1.807, 2.05) is 0 Å². The highest BCUT2D eigenvalue weighted by Crippen LogP contribution is 2.34. The maximum absolute atomic E-state index is 6.06. The predicted octanol–water partition coefficient (Wildman–Crippen LogP) is 2.56. The standard InChI is InChI=1S/C18H35N3O2/c1-5-19-17(21-13-15-9-7-10-22-15)20-12-14-8-6-11-23-16(14)18(2,3)4/h14-16H,5-13H2,1-4H3,(H2,19,20,21). The molecule has 0 aromatic heterocycles. The normalized spacial score (nSPS) is 29.6. The van der Waals surface area contributed by atoms with E-state index >= 15 is 0 Å². The van der Waals surface area contributed by atoms with E-state index in [1.165, 1.54) is 12.8 Å². The molecule has 3 atom stereocenters. The van der Waals surface area contributed by atoms with E-state index in [0.717, 1.165) is 51.6 Å². The third-order valence-corrected chi connectivity index (χ3v) is 4.65. The van der Waals surface area contributed by atoms with Crippen LogP contribution in [-0.2, 0) is 9.47 Å². The van der Waals surface area contributed by atoms with Crippen molar-refractivity contribution < 1.29 is 9.47 Å². The topological polar surface area (TPSA) is 54.9 Å². The van der Waals surface area contributed by atoms with Crippen LogP contribution in [0, 0.1) is 11.3 Å². The summed E-state index contributed by atoms with van der Waals surface area (Å²) in [4.78, 5) is 4.82. The summed E-state index contributed by atoms with van der Waals surface area (Å²) in [5.41, 5.74) is 0.171. The first-order valence-corrected chi connectivity index (χ1v) is 9.26. The zero-order valence-corrected chi connectivity index (χ0v) is 15.4. The van der Waals surface area contributed by atoms with Crippen molar-refractivity contribution in [3.63, 3.8) is 0 Å². The highest BCUT2D eigenvalue weighted by Gasteiger charge is 2.35. The summed E-state index contributed by atoms with van der Waals surface area (Å²) in [7, 11) is 0. The molecule has 3 unspecified atom stereocenters. The number of ether oxygens (including phenoxy) is 2. The first-order valence-electron chi connectivity index (χ1n) is 9.26. The van der Waals surface area contributed by atoms with Crippen LogP contribution in [0.3, 0.4) is 0 Å². The van der Waals surface area contributed by atoms with Gasteiger partial charge in [0.25, 0.3) is 0 Å². The zero-order valence-electron chi connectivity index (χ0n) is 15.4. The molecule has 2 saturated heterocycles. The summed E-state index contributed by atoms with van der Waals surface area (Å²) in [6.45, 7) is 13.2. The molecule has 5 heteroatoms. The van der Waals surface area contributed by atoms with Crippen LogP contribution < -0.4 is 10.6 Å². The van der Waals surface area contributed by atoms with Crippen molar-refractivity contribution in [1.82, 2.24) is 10.6 Å². The Hall–Kier alpha value is -0.810. The van der Waals surface area contributed by atoms with Gasteiger partial charge in [-0.25, -0.2) is 0 Å². The lowest BCUT2D eigenvalue weighted by molar-refractivity contribution is -0.0823. The molecule has 2 aliphatic rings. The van der Waals surface area contributed by atoms with Gasteiger partial charge in [-0.05, 0) is 38.0 Å². The molecule has 2 heterocycles. The van der Waals surface area contributed by atoms with Gasteiger partial charge in [0, 0.05) is 38.8 Å². The maximum Gasteiger partial charge on any atom is 0.191 e. The van der Waals surface area contributed by atoms with Gasteiger partial charge in [-0.3, -0.25) is 4.99 Å². The Balaban J connectivity index is 1.89. The van der Waals surface area contributed by atoms with Crippen LogP contribution in [0.5, 0.6) is 0 Å². The Kier molecular flexibility index (Phi) is 7.15. The molecule has 134 valence electrons. The number of hydrogen-bond acceptors (Lipinski definition) is 3. The number of nitrogens with one attached hydrogen (secondary N) is 2. The molecular weight excluding hydrogens is 290 g/mol. The van der Waals surface area contributed by atoms with E-state index in [-0.39, 0.29) is 5.41 Å². The summed E-state index contributed by atoms with van der Waals surface area (Å²) in [5, 5.41) is 6.77. The van der Waals surface area contributed by atoms with Crippen molar-refractivity contribution in [1.29, 1.82) is 0 Å². The van der Waals surface area contributed by atoms with E-state index in [2.05, 4.69) is 38.3 Å². The molecule has 5 nitrogen and oxygen atoms in total. The van der Waals surface area contributed by atoms with Crippen LogP contribution in [0.15, 0.2) is 4.99 Å². The van der Waals surface area contributed by atoms with Gasteiger partial charge in [-0.2, -0.15) is 0 Å². The first-order chi connectivity index (χ1) is 11.0. The molecule has 0 radical (unpaired) electrons. The van der Waals surface area contributed by atoms with Gasteiger partial charge >= 0.3 is 0 Å². The second-order valence-electron chi connectivity index (χ2n) is 7.80. The Morgan fingerprint density at radius 3 is 2.48 bits per heavy atom. The molecule has 0 saturated carbocycles. The molecule has 23 heavy (non-hydrogen) atoms. The summed E-state index contributed by atoms with van der Waals surface area (Å²) in [6, 6.07) is 0. The third kappa shape index (κ3) is 5.96. The summed E-state index contributed by atoms with van der Waals surface area (Å²) >= 11 is 0. The Labute approximate surface area is 141 Å². The Morgan fingerprint density at radius 1 is 1.09 bits per heavy atom. The Morgan fingerprint density at radius 2 is 1.83 bits per heavy atom. The fourth-order valence-electron chi connectivity index (χ4n) is 3.55. The fraction of sp³-hybridized carbons (Fsp3) is 0.944. The number of nitrogens with zero attached hydrogens (tertiary/aromatic N) is 1. The van der Waals surface area contributed by atoms with Crippen molar-refractivity contribution in [3.8, 4) is 0 Å². The van der Waals surface area contributed by atoms with E-state index in [9.17, 15) is 0 Å². The van der Waals surface area contributed by atoms with Gasteiger partial charge < -0.3 is 20.1 Å². The van der Waals surface area contributed by atoms with Crippen LogP contribution >= 0.6 is 0 Å². The van der Waals surface area contributed by atoms with Crippen LogP contribution in [0.1, 0.15) is 53.4 Å². The van der Waals surface area contributed by atoms with E-state index < -0.39 is 0 Å². The molecule has 0 aromatic carbocycles. The summed E-state index contributed by atoms with van der Waals surface area (Å²) < 4.78 is 11.7. The van der Waals surface area contributed by atoms with Crippen molar-refractivity contribution >= 4 is 5.96 Å². The molecule has 2 aliphatic heterocycles. The van der Waals surface area contributed by atoms with Gasteiger partial charge in [-0.1, -0.05) is 20.8 Å². The highest BCUT2D eigenvalue weighted by atomic mass is 16.5. The number of rotatable bonds is 5. The second-order valence-corrected chi connectivity index (χ2v) is 7.80. The largest absolute Gasteiger partial charge is 0.377 e. The number of hydrogen-bond donors (Lipinski definition) is 2. The fourth-order valence-corrected chi connectivity index (χ4v) is 3.55. The predicted molar refractivity (Wildman–Crippen MR) is 94.9 cm³/mol. The summed E-state index contributed by atoms with van der Waals surface area (Å²) in [6.07, 6.45) is 5.30. The number of guanidine groups is 1. The molecule has 0 aromatic rings. The van der Waals surface area contributed by atoms with E-state index in [0.29, 0.717) is 18.1 Å². The van der Waals surface area contributed by atoms with Crippen LogP contribution in [-0.4, -0.2) is 51.0 Å². The molecule has 0 aliphatic carbocycles. The minimum atomic E-state index is 0.171. The lowest BCUT2D eigenvalue weighted by atomic mass is 9.78. The maximum atomic E-state index is 6.06.